The minimum Gasteiger partial charge on any atom is -0.872 e. The second kappa shape index (κ2) is 14.5. The van der Waals surface area contributed by atoms with Crippen molar-refractivity contribution in [3.05, 3.63) is 30.3 Å². The molecule has 0 saturated carbocycles. The van der Waals surface area contributed by atoms with E-state index in [1.807, 2.05) is 6.07 Å². The molecule has 0 aliphatic rings. The van der Waals surface area contributed by atoms with Crippen molar-refractivity contribution in [1.29, 1.82) is 0 Å². The number of rotatable bonds is 0. The Balaban J connectivity index is -0.000000146. The molecule has 0 aliphatic heterocycles. The summed E-state index contributed by atoms with van der Waals surface area (Å²) in [6, 6.07) is 8.33. The van der Waals surface area contributed by atoms with E-state index in [-0.39, 0.29) is 71.5 Å². The molecule has 0 aliphatic carbocycles. The van der Waals surface area contributed by atoms with E-state index in [1.165, 1.54) is 12.1 Å². The van der Waals surface area contributed by atoms with Gasteiger partial charge in [-0.1, -0.05) is 37.3 Å². The first-order chi connectivity index (χ1) is 4.81. The van der Waals surface area contributed by atoms with Gasteiger partial charge in [-0.25, -0.2) is 0 Å². The van der Waals surface area contributed by atoms with E-state index in [4.69, 9.17) is 5.11 Å². The Bertz CT molecular complexity index is 156. The molecule has 0 bridgehead atoms. The Labute approximate surface area is 118 Å². The summed E-state index contributed by atoms with van der Waals surface area (Å²) in [6.45, 7) is 1.57. The SMILES string of the molecule is CC[O-].[Na+].[Na+].[O-]c1ccccc1. The molecule has 0 aromatic heterocycles. The molecule has 0 radical (unpaired) electrons. The maximum Gasteiger partial charge on any atom is 1.00 e. The van der Waals surface area contributed by atoms with Gasteiger partial charge in [0.05, 0.1) is 0 Å². The maximum atomic E-state index is 10.3. The van der Waals surface area contributed by atoms with Crippen molar-refractivity contribution in [2.45, 2.75) is 6.92 Å². The van der Waals surface area contributed by atoms with Crippen molar-refractivity contribution in [2.75, 3.05) is 6.61 Å². The molecule has 0 atom stereocenters. The van der Waals surface area contributed by atoms with E-state index in [9.17, 15) is 5.11 Å². The van der Waals surface area contributed by atoms with Gasteiger partial charge in [-0.15, -0.1) is 12.4 Å². The van der Waals surface area contributed by atoms with Gasteiger partial charge in [0.25, 0.3) is 0 Å². The molecule has 0 heterocycles. The zero-order valence-corrected chi connectivity index (χ0v) is 11.9. The smallest absolute Gasteiger partial charge is 0.872 e. The zero-order valence-electron chi connectivity index (χ0n) is 7.91. The predicted octanol–water partition coefficient (Wildman–Crippen LogP) is -5.87. The summed E-state index contributed by atoms with van der Waals surface area (Å²) >= 11 is 0. The first-order valence-corrected chi connectivity index (χ1v) is 3.11. The van der Waals surface area contributed by atoms with Crippen LogP contribution in [0.4, 0.5) is 0 Å². The molecular formula is C8H10Na2O2. The summed E-state index contributed by atoms with van der Waals surface area (Å²) in [4.78, 5) is 0. The van der Waals surface area contributed by atoms with E-state index in [2.05, 4.69) is 0 Å². The van der Waals surface area contributed by atoms with Crippen molar-refractivity contribution in [2.24, 2.45) is 0 Å². The van der Waals surface area contributed by atoms with Gasteiger partial charge in [0.2, 0.25) is 0 Å². The van der Waals surface area contributed by atoms with Crippen molar-refractivity contribution in [3.63, 3.8) is 0 Å². The van der Waals surface area contributed by atoms with Gasteiger partial charge in [0.15, 0.2) is 0 Å². The third kappa shape index (κ3) is 13.6. The van der Waals surface area contributed by atoms with Gasteiger partial charge in [0.1, 0.15) is 0 Å². The standard InChI is InChI=1S/C6H6O.C2H5O.2Na/c7-6-4-2-1-3-5-6;1-2-3;;/h1-5,7H;2H2,1H3;;/q;-1;2*+1/p-1. The summed E-state index contributed by atoms with van der Waals surface area (Å²) < 4.78 is 0. The van der Waals surface area contributed by atoms with Crippen LogP contribution in [0.15, 0.2) is 30.3 Å². The van der Waals surface area contributed by atoms with Crippen LogP contribution in [0.5, 0.6) is 5.75 Å². The molecule has 0 spiro atoms. The number of para-hydroxylation sites is 1. The van der Waals surface area contributed by atoms with Crippen molar-refractivity contribution < 1.29 is 69.3 Å². The minimum absolute atomic E-state index is 0. The number of hydrogen-bond acceptors (Lipinski definition) is 2. The second-order valence-electron chi connectivity index (χ2n) is 1.60. The molecule has 12 heavy (non-hydrogen) atoms. The average molecular weight is 184 g/mol. The molecule has 0 fully saturated rings. The van der Waals surface area contributed by atoms with E-state index in [0.717, 1.165) is 0 Å². The van der Waals surface area contributed by atoms with Gasteiger partial charge in [-0.3, -0.25) is 0 Å². The van der Waals surface area contributed by atoms with Crippen molar-refractivity contribution in [3.8, 4) is 5.75 Å². The first kappa shape index (κ1) is 18.7. The van der Waals surface area contributed by atoms with Gasteiger partial charge in [0, 0.05) is 0 Å². The van der Waals surface area contributed by atoms with E-state index in [1.54, 1.807) is 19.1 Å². The maximum absolute atomic E-state index is 10.3. The van der Waals surface area contributed by atoms with Crippen LogP contribution < -0.4 is 69.3 Å². The molecule has 56 valence electrons. The Hall–Kier alpha value is 0.980. The van der Waals surface area contributed by atoms with Crippen LogP contribution in [-0.2, 0) is 0 Å². The number of benzene rings is 1. The van der Waals surface area contributed by atoms with Crippen molar-refractivity contribution >= 4 is 0 Å². The summed E-state index contributed by atoms with van der Waals surface area (Å²) in [7, 11) is 0. The Morgan fingerprint density at radius 1 is 1.08 bits per heavy atom. The predicted molar refractivity (Wildman–Crippen MR) is 36.4 cm³/mol. The van der Waals surface area contributed by atoms with Crippen LogP contribution in [0.25, 0.3) is 0 Å². The van der Waals surface area contributed by atoms with Gasteiger partial charge < -0.3 is 10.2 Å². The fourth-order valence-electron chi connectivity index (χ4n) is 0.420. The normalized spacial score (nSPS) is 6.50. The summed E-state index contributed by atoms with van der Waals surface area (Å²) in [6.07, 6.45) is 0. The molecule has 1 aromatic carbocycles. The third-order valence-corrected chi connectivity index (χ3v) is 0.743. The average Bonchev–Trinajstić information content (AvgIpc) is 1.91. The van der Waals surface area contributed by atoms with Gasteiger partial charge in [-0.05, 0) is 0 Å². The second-order valence-corrected chi connectivity index (χ2v) is 1.60. The van der Waals surface area contributed by atoms with Gasteiger partial charge >= 0.3 is 59.1 Å². The van der Waals surface area contributed by atoms with Crippen LogP contribution in [0.2, 0.25) is 0 Å². The Morgan fingerprint density at radius 2 is 1.42 bits per heavy atom. The minimum atomic E-state index is 0. The third-order valence-electron chi connectivity index (χ3n) is 0.743. The van der Waals surface area contributed by atoms with Gasteiger partial charge in [-0.2, -0.15) is 0 Å². The largest absolute Gasteiger partial charge is 1.00 e. The Morgan fingerprint density at radius 3 is 1.58 bits per heavy atom. The zero-order chi connectivity index (χ0) is 7.82. The summed E-state index contributed by atoms with van der Waals surface area (Å²) in [5, 5.41) is 19.2. The molecule has 1 rings (SSSR count). The quantitative estimate of drug-likeness (QED) is 0.377. The first-order valence-electron chi connectivity index (χ1n) is 3.11. The fraction of sp³-hybridized carbons (Fsp3) is 0.250. The molecule has 0 amide bonds. The van der Waals surface area contributed by atoms with Crippen molar-refractivity contribution in [1.82, 2.24) is 0 Å². The molecule has 1 aromatic rings. The van der Waals surface area contributed by atoms with Crippen LogP contribution in [0.3, 0.4) is 0 Å². The monoisotopic (exact) mass is 184 g/mol. The molecular weight excluding hydrogens is 174 g/mol. The Kier molecular flexibility index (Phi) is 22.6. The van der Waals surface area contributed by atoms with E-state index >= 15 is 0 Å². The van der Waals surface area contributed by atoms with Crippen LogP contribution in [0, 0.1) is 0 Å². The molecule has 4 heteroatoms. The molecule has 2 nitrogen and oxygen atoms in total. The topological polar surface area (TPSA) is 46.1 Å². The van der Waals surface area contributed by atoms with Crippen LogP contribution in [-0.4, -0.2) is 6.61 Å². The fourth-order valence-corrected chi connectivity index (χ4v) is 0.420. The van der Waals surface area contributed by atoms with E-state index < -0.39 is 0 Å². The summed E-state index contributed by atoms with van der Waals surface area (Å²) in [5.41, 5.74) is 0. The van der Waals surface area contributed by atoms with Crippen LogP contribution >= 0.6 is 0 Å². The molecule has 0 saturated heterocycles. The van der Waals surface area contributed by atoms with E-state index in [0.29, 0.717) is 0 Å². The molecule has 0 N–H and O–H groups in total. The van der Waals surface area contributed by atoms with Crippen LogP contribution in [0.1, 0.15) is 6.92 Å². The number of hydrogen-bond donors (Lipinski definition) is 0. The molecule has 0 unspecified atom stereocenters. The summed E-state index contributed by atoms with van der Waals surface area (Å²) in [5.74, 6) is 0.0718.